The molecule has 1 aromatic rings. The van der Waals surface area contributed by atoms with Crippen LogP contribution in [0, 0.1) is 5.82 Å². The summed E-state index contributed by atoms with van der Waals surface area (Å²) in [6, 6.07) is 4.72. The van der Waals surface area contributed by atoms with Crippen molar-refractivity contribution in [2.75, 3.05) is 13.1 Å². The second-order valence-electron chi connectivity index (χ2n) is 4.86. The quantitative estimate of drug-likeness (QED) is 0.853. The Morgan fingerprint density at radius 1 is 1.22 bits per heavy atom. The molecule has 18 heavy (non-hydrogen) atoms. The van der Waals surface area contributed by atoms with Crippen LogP contribution >= 0.6 is 12.2 Å². The molecule has 2 rings (SSSR count). The smallest absolute Gasteiger partial charge is 0.123 e. The Morgan fingerprint density at radius 3 is 2.50 bits per heavy atom. The van der Waals surface area contributed by atoms with Gasteiger partial charge in [0.1, 0.15) is 10.8 Å². The molecule has 1 aliphatic heterocycles. The highest BCUT2D eigenvalue weighted by molar-refractivity contribution is 7.80. The summed E-state index contributed by atoms with van der Waals surface area (Å²) in [7, 11) is 0. The number of thiocarbonyl (C=S) groups is 1. The van der Waals surface area contributed by atoms with Crippen LogP contribution in [0.15, 0.2) is 18.2 Å². The number of benzene rings is 1. The van der Waals surface area contributed by atoms with E-state index in [1.807, 2.05) is 0 Å². The average Bonchev–Trinajstić information content (AvgIpc) is 2.60. The third-order valence-electron chi connectivity index (χ3n) is 3.43. The molecule has 0 aromatic heterocycles. The Kier molecular flexibility index (Phi) is 4.66. The lowest BCUT2D eigenvalue weighted by atomic mass is 10.1. The van der Waals surface area contributed by atoms with Gasteiger partial charge >= 0.3 is 0 Å². The minimum atomic E-state index is -0.280. The Hall–Kier alpha value is -1.00. The van der Waals surface area contributed by atoms with E-state index < -0.39 is 0 Å². The van der Waals surface area contributed by atoms with E-state index in [1.54, 1.807) is 6.07 Å². The zero-order chi connectivity index (χ0) is 13.0. The van der Waals surface area contributed by atoms with E-state index in [9.17, 15) is 4.39 Å². The van der Waals surface area contributed by atoms with Gasteiger partial charge in [0.25, 0.3) is 0 Å². The predicted molar refractivity (Wildman–Crippen MR) is 76.0 cm³/mol. The molecule has 0 bridgehead atoms. The van der Waals surface area contributed by atoms with Gasteiger partial charge in [0.15, 0.2) is 0 Å². The summed E-state index contributed by atoms with van der Waals surface area (Å²) in [5, 5.41) is 0. The predicted octanol–water partition coefficient (Wildman–Crippen LogP) is 2.84. The zero-order valence-corrected chi connectivity index (χ0v) is 11.3. The fraction of sp³-hybridized carbons (Fsp3) is 0.500. The molecule has 2 nitrogen and oxygen atoms in total. The topological polar surface area (TPSA) is 29.3 Å². The van der Waals surface area contributed by atoms with Gasteiger partial charge in [-0.25, -0.2) is 4.39 Å². The molecule has 0 unspecified atom stereocenters. The first kappa shape index (κ1) is 13.4. The van der Waals surface area contributed by atoms with Gasteiger partial charge in [0.05, 0.1) is 0 Å². The molecule has 2 N–H and O–H groups in total. The van der Waals surface area contributed by atoms with Crippen molar-refractivity contribution in [2.45, 2.75) is 32.2 Å². The van der Waals surface area contributed by atoms with Crippen LogP contribution in [0.5, 0.6) is 0 Å². The first-order valence-electron chi connectivity index (χ1n) is 6.47. The van der Waals surface area contributed by atoms with Crippen LogP contribution in [-0.4, -0.2) is 23.0 Å². The summed E-state index contributed by atoms with van der Waals surface area (Å²) in [6.45, 7) is 3.02. The number of halogens is 1. The minimum absolute atomic E-state index is 0.277. The highest BCUT2D eigenvalue weighted by atomic mass is 32.1. The summed E-state index contributed by atoms with van der Waals surface area (Å²) in [6.07, 6.45) is 5.09. The van der Waals surface area contributed by atoms with E-state index in [0.29, 0.717) is 5.56 Å². The molecule has 1 aliphatic rings. The van der Waals surface area contributed by atoms with E-state index in [4.69, 9.17) is 18.0 Å². The van der Waals surface area contributed by atoms with E-state index in [2.05, 4.69) is 4.90 Å². The summed E-state index contributed by atoms with van der Waals surface area (Å²) in [5.74, 6) is -0.280. The van der Waals surface area contributed by atoms with Crippen molar-refractivity contribution in [3.05, 3.63) is 35.1 Å². The molecule has 0 amide bonds. The molecular formula is C14H19FN2S. The molecule has 0 spiro atoms. The number of nitrogens with zero attached hydrogens (tertiary/aromatic N) is 1. The van der Waals surface area contributed by atoms with Gasteiger partial charge in [0, 0.05) is 12.1 Å². The molecule has 1 aromatic carbocycles. The van der Waals surface area contributed by atoms with Crippen LogP contribution in [0.1, 0.15) is 36.8 Å². The molecule has 4 heteroatoms. The number of rotatable bonds is 3. The average molecular weight is 266 g/mol. The van der Waals surface area contributed by atoms with Crippen molar-refractivity contribution in [1.82, 2.24) is 4.90 Å². The van der Waals surface area contributed by atoms with Crippen LogP contribution in [-0.2, 0) is 6.54 Å². The van der Waals surface area contributed by atoms with Gasteiger partial charge in [-0.1, -0.05) is 31.1 Å². The Labute approximate surface area is 113 Å². The molecule has 0 aliphatic carbocycles. The van der Waals surface area contributed by atoms with Crippen LogP contribution in [0.3, 0.4) is 0 Å². The van der Waals surface area contributed by atoms with Crippen molar-refractivity contribution < 1.29 is 4.39 Å². The molecule has 0 saturated carbocycles. The maximum Gasteiger partial charge on any atom is 0.123 e. The van der Waals surface area contributed by atoms with Crippen molar-refractivity contribution in [3.63, 3.8) is 0 Å². The van der Waals surface area contributed by atoms with Crippen LogP contribution in [0.4, 0.5) is 4.39 Å². The standard InChI is InChI=1S/C14H19FN2S/c15-12-6-5-11(13(9-12)14(16)18)10-17-7-3-1-2-4-8-17/h5-6,9H,1-4,7-8,10H2,(H2,16,18). The highest BCUT2D eigenvalue weighted by Crippen LogP contribution is 2.17. The van der Waals surface area contributed by atoms with E-state index in [1.165, 1.54) is 37.8 Å². The first-order chi connectivity index (χ1) is 8.66. The van der Waals surface area contributed by atoms with E-state index in [-0.39, 0.29) is 10.8 Å². The van der Waals surface area contributed by atoms with Gasteiger partial charge < -0.3 is 5.73 Å². The number of nitrogens with two attached hydrogens (primary N) is 1. The SMILES string of the molecule is NC(=S)c1cc(F)ccc1CN1CCCCCC1. The maximum absolute atomic E-state index is 13.2. The molecule has 0 atom stereocenters. The number of likely N-dealkylation sites (tertiary alicyclic amines) is 1. The van der Waals surface area contributed by atoms with Crippen LogP contribution < -0.4 is 5.73 Å². The lowest BCUT2D eigenvalue weighted by Gasteiger charge is -2.21. The van der Waals surface area contributed by atoms with Gasteiger partial charge in [-0.3, -0.25) is 4.90 Å². The van der Waals surface area contributed by atoms with Crippen molar-refractivity contribution in [2.24, 2.45) is 5.73 Å². The first-order valence-corrected chi connectivity index (χ1v) is 6.88. The molecular weight excluding hydrogens is 247 g/mol. The monoisotopic (exact) mass is 266 g/mol. The Morgan fingerprint density at radius 2 is 1.89 bits per heavy atom. The highest BCUT2D eigenvalue weighted by Gasteiger charge is 2.13. The molecule has 1 fully saturated rings. The van der Waals surface area contributed by atoms with Crippen molar-refractivity contribution in [1.29, 1.82) is 0 Å². The molecule has 98 valence electrons. The van der Waals surface area contributed by atoms with Crippen molar-refractivity contribution >= 4 is 17.2 Å². The fourth-order valence-electron chi connectivity index (χ4n) is 2.45. The summed E-state index contributed by atoms with van der Waals surface area (Å²) >= 11 is 5.00. The van der Waals surface area contributed by atoms with Gasteiger partial charge in [0.2, 0.25) is 0 Å². The fourth-order valence-corrected chi connectivity index (χ4v) is 2.64. The second-order valence-corrected chi connectivity index (χ2v) is 5.30. The third kappa shape index (κ3) is 3.50. The summed E-state index contributed by atoms with van der Waals surface area (Å²) in [4.78, 5) is 2.68. The Balaban J connectivity index is 2.14. The Bertz CT molecular complexity index is 426. The summed E-state index contributed by atoms with van der Waals surface area (Å²) < 4.78 is 13.2. The molecule has 1 saturated heterocycles. The van der Waals surface area contributed by atoms with Crippen LogP contribution in [0.2, 0.25) is 0 Å². The van der Waals surface area contributed by atoms with Gasteiger partial charge in [-0.05, 0) is 43.6 Å². The number of hydrogen-bond acceptors (Lipinski definition) is 2. The van der Waals surface area contributed by atoms with Gasteiger partial charge in [-0.2, -0.15) is 0 Å². The van der Waals surface area contributed by atoms with E-state index in [0.717, 1.165) is 25.2 Å². The zero-order valence-electron chi connectivity index (χ0n) is 10.5. The normalized spacial score (nSPS) is 17.4. The summed E-state index contributed by atoms with van der Waals surface area (Å²) in [5.41, 5.74) is 7.37. The molecule has 1 heterocycles. The van der Waals surface area contributed by atoms with Crippen molar-refractivity contribution in [3.8, 4) is 0 Å². The van der Waals surface area contributed by atoms with E-state index >= 15 is 0 Å². The lowest BCUT2D eigenvalue weighted by molar-refractivity contribution is 0.277. The lowest BCUT2D eigenvalue weighted by Crippen LogP contribution is -2.26. The van der Waals surface area contributed by atoms with Gasteiger partial charge in [-0.15, -0.1) is 0 Å². The second kappa shape index (κ2) is 6.25. The number of hydrogen-bond donors (Lipinski definition) is 1. The molecule has 0 radical (unpaired) electrons. The van der Waals surface area contributed by atoms with Crippen LogP contribution in [0.25, 0.3) is 0 Å². The minimum Gasteiger partial charge on any atom is -0.389 e. The maximum atomic E-state index is 13.2. The third-order valence-corrected chi connectivity index (χ3v) is 3.65. The largest absolute Gasteiger partial charge is 0.389 e.